The zero-order chi connectivity index (χ0) is 25.9. The van der Waals surface area contributed by atoms with Crippen LogP contribution in [0.4, 0.5) is 19.0 Å². The number of halogens is 3. The molecule has 1 aromatic carbocycles. The van der Waals surface area contributed by atoms with Gasteiger partial charge in [-0.05, 0) is 42.8 Å². The van der Waals surface area contributed by atoms with Gasteiger partial charge in [-0.15, -0.1) is 0 Å². The molecule has 3 heterocycles. The number of fused-ring (bicyclic) bond motifs is 1. The molecule has 4 rings (SSSR count). The van der Waals surface area contributed by atoms with Crippen LogP contribution >= 0.6 is 0 Å². The molecule has 9 nitrogen and oxygen atoms in total. The zero-order valence-electron chi connectivity index (χ0n) is 19.3. The van der Waals surface area contributed by atoms with Crippen LogP contribution in [0.25, 0.3) is 16.9 Å². The molecule has 0 unspecified atom stereocenters. The normalized spacial score (nSPS) is 11.4. The van der Waals surface area contributed by atoms with Gasteiger partial charge in [-0.1, -0.05) is 12.1 Å². The largest absolute Gasteiger partial charge is 0.484 e. The number of carbonyl (C=O) groups is 2. The molecule has 2 N–H and O–H groups in total. The average molecular weight is 498 g/mol. The Kier molecular flexibility index (Phi) is 6.86. The molecule has 4 aromatic rings. The quantitative estimate of drug-likeness (QED) is 0.400. The van der Waals surface area contributed by atoms with E-state index in [0.29, 0.717) is 39.5 Å². The SMILES string of the molecule is CC(=O)Nc1cn2nc(-c3cnc(C)c(C(=O)NCc4cccc(OCC(F)(F)F)c4)c3)ccc2n1. The number of rotatable bonds is 7. The van der Waals surface area contributed by atoms with Crippen LogP contribution in [-0.4, -0.2) is 44.2 Å². The summed E-state index contributed by atoms with van der Waals surface area (Å²) >= 11 is 0. The average Bonchev–Trinajstić information content (AvgIpc) is 3.22. The Labute approximate surface area is 203 Å². The van der Waals surface area contributed by atoms with Crippen molar-refractivity contribution in [2.24, 2.45) is 0 Å². The lowest BCUT2D eigenvalue weighted by molar-refractivity contribution is -0.153. The number of hydrogen-bond acceptors (Lipinski definition) is 6. The fourth-order valence-electron chi connectivity index (χ4n) is 3.37. The lowest BCUT2D eigenvalue weighted by Crippen LogP contribution is -2.24. The first-order valence-electron chi connectivity index (χ1n) is 10.7. The number of pyridine rings is 1. The van der Waals surface area contributed by atoms with Crippen LogP contribution in [0.3, 0.4) is 0 Å². The van der Waals surface area contributed by atoms with E-state index in [4.69, 9.17) is 4.74 Å². The molecule has 0 saturated heterocycles. The first-order chi connectivity index (χ1) is 17.1. The highest BCUT2D eigenvalue weighted by Crippen LogP contribution is 2.22. The second-order valence-electron chi connectivity index (χ2n) is 7.92. The lowest BCUT2D eigenvalue weighted by Gasteiger charge is -2.12. The highest BCUT2D eigenvalue weighted by Gasteiger charge is 2.28. The van der Waals surface area contributed by atoms with Gasteiger partial charge in [0.05, 0.1) is 23.1 Å². The minimum absolute atomic E-state index is 0.0570. The summed E-state index contributed by atoms with van der Waals surface area (Å²) in [5, 5.41) is 9.83. The molecular formula is C24H21F3N6O3. The number of ether oxygens (including phenoxy) is 1. The van der Waals surface area contributed by atoms with Crippen LogP contribution in [0.1, 0.15) is 28.5 Å². The van der Waals surface area contributed by atoms with Crippen molar-refractivity contribution < 1.29 is 27.5 Å². The van der Waals surface area contributed by atoms with E-state index in [1.807, 2.05) is 0 Å². The second-order valence-corrected chi connectivity index (χ2v) is 7.92. The van der Waals surface area contributed by atoms with Gasteiger partial charge in [0.1, 0.15) is 5.75 Å². The van der Waals surface area contributed by atoms with E-state index in [9.17, 15) is 22.8 Å². The van der Waals surface area contributed by atoms with Crippen molar-refractivity contribution in [1.82, 2.24) is 24.9 Å². The Morgan fingerprint density at radius 3 is 2.69 bits per heavy atom. The summed E-state index contributed by atoms with van der Waals surface area (Å²) in [7, 11) is 0. The van der Waals surface area contributed by atoms with Crippen molar-refractivity contribution >= 4 is 23.3 Å². The van der Waals surface area contributed by atoms with Crippen LogP contribution in [0.15, 0.2) is 54.9 Å². The summed E-state index contributed by atoms with van der Waals surface area (Å²) in [6.07, 6.45) is -1.28. The van der Waals surface area contributed by atoms with Gasteiger partial charge in [0, 0.05) is 25.2 Å². The van der Waals surface area contributed by atoms with E-state index in [-0.39, 0.29) is 18.2 Å². The fraction of sp³-hybridized carbons (Fsp3) is 0.208. The Balaban J connectivity index is 1.48. The third-order valence-corrected chi connectivity index (χ3v) is 5.01. The number of carbonyl (C=O) groups excluding carboxylic acids is 2. The topological polar surface area (TPSA) is 111 Å². The molecule has 2 amide bonds. The molecule has 0 bridgehead atoms. The molecular weight excluding hydrogens is 477 g/mol. The van der Waals surface area contributed by atoms with Crippen LogP contribution < -0.4 is 15.4 Å². The molecule has 36 heavy (non-hydrogen) atoms. The standard InChI is InChI=1S/C24H21F3N6O3/c1-14-19(23(35)29-10-16-4-3-5-18(8-16)36-13-24(25,26)27)9-17(11-28-14)20-6-7-22-31-21(30-15(2)34)12-33(22)32-20/h3-9,11-12H,10,13H2,1-2H3,(H,29,35)(H,30,34). The Morgan fingerprint density at radius 2 is 1.94 bits per heavy atom. The third-order valence-electron chi connectivity index (χ3n) is 5.01. The maximum Gasteiger partial charge on any atom is 0.422 e. The maximum atomic E-state index is 12.9. The van der Waals surface area contributed by atoms with E-state index in [2.05, 4.69) is 25.7 Å². The minimum Gasteiger partial charge on any atom is -0.484 e. The first-order valence-corrected chi connectivity index (χ1v) is 10.7. The molecule has 3 aromatic heterocycles. The van der Waals surface area contributed by atoms with Gasteiger partial charge >= 0.3 is 6.18 Å². The first kappa shape index (κ1) is 24.6. The van der Waals surface area contributed by atoms with Gasteiger partial charge in [0.25, 0.3) is 5.91 Å². The van der Waals surface area contributed by atoms with Crippen LogP contribution in [0, 0.1) is 6.92 Å². The minimum atomic E-state index is -4.44. The summed E-state index contributed by atoms with van der Waals surface area (Å²) in [4.78, 5) is 32.7. The predicted octanol–water partition coefficient (Wildman–Crippen LogP) is 3.93. The van der Waals surface area contributed by atoms with Crippen molar-refractivity contribution in [3.63, 3.8) is 0 Å². The van der Waals surface area contributed by atoms with Crippen molar-refractivity contribution in [3.8, 4) is 17.0 Å². The van der Waals surface area contributed by atoms with E-state index in [0.717, 1.165) is 0 Å². The zero-order valence-corrected chi connectivity index (χ0v) is 19.3. The number of alkyl halides is 3. The predicted molar refractivity (Wildman–Crippen MR) is 124 cm³/mol. The van der Waals surface area contributed by atoms with Crippen molar-refractivity contribution in [2.75, 3.05) is 11.9 Å². The number of benzene rings is 1. The number of amides is 2. The number of imidazole rings is 1. The van der Waals surface area contributed by atoms with E-state index in [1.165, 1.54) is 23.6 Å². The summed E-state index contributed by atoms with van der Waals surface area (Å²) in [6, 6.07) is 11.2. The van der Waals surface area contributed by atoms with Gasteiger partial charge in [0.2, 0.25) is 5.91 Å². The van der Waals surface area contributed by atoms with Gasteiger partial charge in [-0.2, -0.15) is 18.3 Å². The molecule has 0 saturated carbocycles. The smallest absolute Gasteiger partial charge is 0.422 e. The fourth-order valence-corrected chi connectivity index (χ4v) is 3.37. The molecule has 0 fully saturated rings. The Bertz CT molecular complexity index is 1430. The third kappa shape index (κ3) is 6.14. The molecule has 0 atom stereocenters. The Morgan fingerprint density at radius 1 is 1.14 bits per heavy atom. The Hall–Kier alpha value is -4.48. The number of anilines is 1. The van der Waals surface area contributed by atoms with Crippen molar-refractivity contribution in [1.29, 1.82) is 0 Å². The number of aryl methyl sites for hydroxylation is 1. The van der Waals surface area contributed by atoms with Gasteiger partial charge in [-0.25, -0.2) is 9.50 Å². The molecule has 12 heteroatoms. The van der Waals surface area contributed by atoms with Crippen molar-refractivity contribution in [3.05, 3.63) is 71.7 Å². The molecule has 0 radical (unpaired) electrons. The number of nitrogens with one attached hydrogen (secondary N) is 2. The van der Waals surface area contributed by atoms with E-state index in [1.54, 1.807) is 49.6 Å². The molecule has 0 aliphatic carbocycles. The summed E-state index contributed by atoms with van der Waals surface area (Å²) in [5.74, 6) is -0.235. The molecule has 0 aliphatic heterocycles. The number of nitrogens with zero attached hydrogens (tertiary/aromatic N) is 4. The van der Waals surface area contributed by atoms with E-state index >= 15 is 0 Å². The van der Waals surface area contributed by atoms with Crippen LogP contribution in [0.2, 0.25) is 0 Å². The number of hydrogen-bond donors (Lipinski definition) is 2. The van der Waals surface area contributed by atoms with Gasteiger partial charge < -0.3 is 15.4 Å². The highest BCUT2D eigenvalue weighted by atomic mass is 19.4. The maximum absolute atomic E-state index is 12.9. The van der Waals surface area contributed by atoms with Crippen LogP contribution in [0.5, 0.6) is 5.75 Å². The van der Waals surface area contributed by atoms with Crippen molar-refractivity contribution in [2.45, 2.75) is 26.6 Å². The molecule has 0 spiro atoms. The summed E-state index contributed by atoms with van der Waals surface area (Å²) in [5.41, 5.74) is 3.04. The number of aromatic nitrogens is 4. The molecule has 186 valence electrons. The van der Waals surface area contributed by atoms with Gasteiger partial charge in [0.15, 0.2) is 18.1 Å². The van der Waals surface area contributed by atoms with E-state index < -0.39 is 18.7 Å². The summed E-state index contributed by atoms with van der Waals surface area (Å²) < 4.78 is 43.4. The monoisotopic (exact) mass is 498 g/mol. The van der Waals surface area contributed by atoms with Crippen LogP contribution in [-0.2, 0) is 11.3 Å². The highest BCUT2D eigenvalue weighted by molar-refractivity contribution is 5.96. The van der Waals surface area contributed by atoms with Gasteiger partial charge in [-0.3, -0.25) is 14.6 Å². The molecule has 0 aliphatic rings. The second kappa shape index (κ2) is 10.0. The lowest BCUT2D eigenvalue weighted by atomic mass is 10.1. The summed E-state index contributed by atoms with van der Waals surface area (Å²) in [6.45, 7) is 1.76.